The average molecular weight is 294 g/mol. The van der Waals surface area contributed by atoms with Crippen LogP contribution in [-0.2, 0) is 12.8 Å². The summed E-state index contributed by atoms with van der Waals surface area (Å²) in [6, 6.07) is 13.8. The summed E-state index contributed by atoms with van der Waals surface area (Å²) in [7, 11) is 0. The van der Waals surface area contributed by atoms with E-state index in [4.69, 9.17) is 4.42 Å². The molecule has 1 aromatic heterocycles. The van der Waals surface area contributed by atoms with Gasteiger partial charge in [-0.2, -0.15) is 0 Å². The van der Waals surface area contributed by atoms with Crippen molar-refractivity contribution < 1.29 is 9.21 Å². The van der Waals surface area contributed by atoms with Crippen molar-refractivity contribution in [2.24, 2.45) is 0 Å². The highest BCUT2D eigenvalue weighted by Crippen LogP contribution is 2.14. The number of aryl methyl sites for hydroxylation is 1. The maximum absolute atomic E-state index is 12.1. The van der Waals surface area contributed by atoms with Crippen molar-refractivity contribution in [3.63, 3.8) is 0 Å². The van der Waals surface area contributed by atoms with Gasteiger partial charge < -0.3 is 9.73 Å². The Morgan fingerprint density at radius 2 is 1.91 bits per heavy atom. The zero-order valence-electron chi connectivity index (χ0n) is 12.5. The van der Waals surface area contributed by atoms with Crippen LogP contribution in [0.15, 0.2) is 53.3 Å². The third-order valence-electron chi connectivity index (χ3n) is 3.72. The van der Waals surface area contributed by atoms with Gasteiger partial charge in [0.2, 0.25) is 0 Å². The molecule has 3 aromatic rings. The first-order valence-corrected chi connectivity index (χ1v) is 7.45. The van der Waals surface area contributed by atoms with Gasteiger partial charge in [-0.3, -0.25) is 4.79 Å². The zero-order valence-corrected chi connectivity index (χ0v) is 12.5. The second-order valence-corrected chi connectivity index (χ2v) is 5.21. The normalized spacial score (nSPS) is 10.8. The molecule has 1 N–H and O–H groups in total. The lowest BCUT2D eigenvalue weighted by Gasteiger charge is -2.06. The van der Waals surface area contributed by atoms with E-state index in [1.165, 1.54) is 17.5 Å². The molecule has 0 unspecified atom stereocenters. The van der Waals surface area contributed by atoms with Crippen molar-refractivity contribution in [1.29, 1.82) is 0 Å². The number of amides is 1. The number of nitrogens with one attached hydrogen (secondary N) is 1. The van der Waals surface area contributed by atoms with Gasteiger partial charge in [-0.1, -0.05) is 31.2 Å². The molecule has 0 aliphatic carbocycles. The standard InChI is InChI=1S/C18H18N2O2/c1-2-13-3-5-14(6-4-13)9-10-19-18(21)15-7-8-17-16(11-15)20-12-22-17/h3-8,11-12H,2,9-10H2,1H3,(H,19,21). The number of carbonyl (C=O) groups is 1. The maximum Gasteiger partial charge on any atom is 0.251 e. The summed E-state index contributed by atoms with van der Waals surface area (Å²) in [6.45, 7) is 2.75. The van der Waals surface area contributed by atoms with Gasteiger partial charge in [0.05, 0.1) is 0 Å². The molecule has 0 aliphatic rings. The van der Waals surface area contributed by atoms with Crippen molar-refractivity contribution in [2.45, 2.75) is 19.8 Å². The molecular formula is C18H18N2O2. The minimum atomic E-state index is -0.0879. The molecule has 1 amide bonds. The molecule has 3 rings (SSSR count). The fraction of sp³-hybridized carbons (Fsp3) is 0.222. The molecule has 0 saturated heterocycles. The van der Waals surface area contributed by atoms with E-state index in [-0.39, 0.29) is 5.91 Å². The van der Waals surface area contributed by atoms with Gasteiger partial charge in [0, 0.05) is 12.1 Å². The Hall–Kier alpha value is -2.62. The molecule has 0 atom stereocenters. The van der Waals surface area contributed by atoms with Gasteiger partial charge in [-0.05, 0) is 42.2 Å². The van der Waals surface area contributed by atoms with Crippen molar-refractivity contribution in [3.8, 4) is 0 Å². The lowest BCUT2D eigenvalue weighted by Crippen LogP contribution is -2.25. The minimum Gasteiger partial charge on any atom is -0.443 e. The van der Waals surface area contributed by atoms with E-state index in [0.29, 0.717) is 23.2 Å². The van der Waals surface area contributed by atoms with Crippen LogP contribution in [-0.4, -0.2) is 17.4 Å². The van der Waals surface area contributed by atoms with E-state index in [0.717, 1.165) is 12.8 Å². The summed E-state index contributed by atoms with van der Waals surface area (Å²) in [4.78, 5) is 16.2. The molecule has 22 heavy (non-hydrogen) atoms. The molecule has 2 aromatic carbocycles. The molecule has 4 heteroatoms. The highest BCUT2D eigenvalue weighted by atomic mass is 16.3. The van der Waals surface area contributed by atoms with E-state index >= 15 is 0 Å². The van der Waals surface area contributed by atoms with E-state index < -0.39 is 0 Å². The summed E-state index contributed by atoms with van der Waals surface area (Å²) in [6.07, 6.45) is 3.25. The average Bonchev–Trinajstić information content (AvgIpc) is 3.03. The second kappa shape index (κ2) is 6.43. The minimum absolute atomic E-state index is 0.0879. The predicted molar refractivity (Wildman–Crippen MR) is 85.9 cm³/mol. The fourth-order valence-electron chi connectivity index (χ4n) is 2.36. The molecule has 0 bridgehead atoms. The molecule has 0 radical (unpaired) electrons. The first kappa shape index (κ1) is 14.3. The number of hydrogen-bond donors (Lipinski definition) is 1. The SMILES string of the molecule is CCc1ccc(CCNC(=O)c2ccc3ocnc3c2)cc1. The van der Waals surface area contributed by atoms with E-state index in [2.05, 4.69) is 41.5 Å². The van der Waals surface area contributed by atoms with Crippen LogP contribution in [0.25, 0.3) is 11.1 Å². The number of nitrogens with zero attached hydrogens (tertiary/aromatic N) is 1. The summed E-state index contributed by atoms with van der Waals surface area (Å²) in [5.41, 5.74) is 4.54. The third kappa shape index (κ3) is 3.17. The number of oxazole rings is 1. The fourth-order valence-corrected chi connectivity index (χ4v) is 2.36. The highest BCUT2D eigenvalue weighted by Gasteiger charge is 2.07. The number of benzene rings is 2. The quantitative estimate of drug-likeness (QED) is 0.785. The van der Waals surface area contributed by atoms with Crippen LogP contribution in [0.5, 0.6) is 0 Å². The van der Waals surface area contributed by atoms with Crippen molar-refractivity contribution in [3.05, 3.63) is 65.5 Å². The summed E-state index contributed by atoms with van der Waals surface area (Å²) < 4.78 is 5.17. The molecule has 0 spiro atoms. The van der Waals surface area contributed by atoms with Crippen LogP contribution < -0.4 is 5.32 Å². The number of hydrogen-bond acceptors (Lipinski definition) is 3. The summed E-state index contributed by atoms with van der Waals surface area (Å²) in [5.74, 6) is -0.0879. The smallest absolute Gasteiger partial charge is 0.251 e. The Bertz CT molecular complexity index is 775. The third-order valence-corrected chi connectivity index (χ3v) is 3.72. The van der Waals surface area contributed by atoms with Gasteiger partial charge >= 0.3 is 0 Å². The number of carbonyl (C=O) groups excluding carboxylic acids is 1. The van der Waals surface area contributed by atoms with Crippen molar-refractivity contribution in [1.82, 2.24) is 10.3 Å². The van der Waals surface area contributed by atoms with Crippen LogP contribution in [0.2, 0.25) is 0 Å². The lowest BCUT2D eigenvalue weighted by molar-refractivity contribution is 0.0954. The maximum atomic E-state index is 12.1. The van der Waals surface area contributed by atoms with Crippen molar-refractivity contribution in [2.75, 3.05) is 6.54 Å². The van der Waals surface area contributed by atoms with Gasteiger partial charge in [0.25, 0.3) is 5.91 Å². The van der Waals surface area contributed by atoms with E-state index in [1.54, 1.807) is 18.2 Å². The monoisotopic (exact) mass is 294 g/mol. The van der Waals surface area contributed by atoms with Crippen LogP contribution in [0.3, 0.4) is 0 Å². The number of rotatable bonds is 5. The van der Waals surface area contributed by atoms with Crippen LogP contribution in [0.1, 0.15) is 28.4 Å². The van der Waals surface area contributed by atoms with Crippen LogP contribution in [0.4, 0.5) is 0 Å². The second-order valence-electron chi connectivity index (χ2n) is 5.21. The number of aromatic nitrogens is 1. The Morgan fingerprint density at radius 3 is 2.68 bits per heavy atom. The van der Waals surface area contributed by atoms with E-state index in [1.807, 2.05) is 0 Å². The molecule has 112 valence electrons. The lowest BCUT2D eigenvalue weighted by atomic mass is 10.1. The molecule has 0 saturated carbocycles. The molecule has 1 heterocycles. The Labute approximate surface area is 129 Å². The molecule has 4 nitrogen and oxygen atoms in total. The topological polar surface area (TPSA) is 55.1 Å². The largest absolute Gasteiger partial charge is 0.443 e. The first-order chi connectivity index (χ1) is 10.8. The molecule has 0 aliphatic heterocycles. The molecular weight excluding hydrogens is 276 g/mol. The Balaban J connectivity index is 1.57. The summed E-state index contributed by atoms with van der Waals surface area (Å²) >= 11 is 0. The molecule has 0 fully saturated rings. The van der Waals surface area contributed by atoms with Crippen LogP contribution >= 0.6 is 0 Å². The first-order valence-electron chi connectivity index (χ1n) is 7.45. The van der Waals surface area contributed by atoms with Crippen molar-refractivity contribution >= 4 is 17.0 Å². The van der Waals surface area contributed by atoms with Gasteiger partial charge in [0.15, 0.2) is 12.0 Å². The van der Waals surface area contributed by atoms with E-state index in [9.17, 15) is 4.79 Å². The Morgan fingerprint density at radius 1 is 1.14 bits per heavy atom. The van der Waals surface area contributed by atoms with Crippen LogP contribution in [0, 0.1) is 0 Å². The summed E-state index contributed by atoms with van der Waals surface area (Å²) in [5, 5.41) is 2.94. The number of fused-ring (bicyclic) bond motifs is 1. The van der Waals surface area contributed by atoms with Gasteiger partial charge in [-0.15, -0.1) is 0 Å². The highest BCUT2D eigenvalue weighted by molar-refractivity contribution is 5.97. The zero-order chi connectivity index (χ0) is 15.4. The van der Waals surface area contributed by atoms with Gasteiger partial charge in [0.1, 0.15) is 5.52 Å². The van der Waals surface area contributed by atoms with Gasteiger partial charge in [-0.25, -0.2) is 4.98 Å². The Kier molecular flexibility index (Phi) is 4.19. The predicted octanol–water partition coefficient (Wildman–Crippen LogP) is 3.36.